The van der Waals surface area contributed by atoms with Crippen molar-refractivity contribution in [2.45, 2.75) is 26.7 Å². The van der Waals surface area contributed by atoms with Crippen LogP contribution >= 0.6 is 22.7 Å². The number of H-pyrrole nitrogens is 1. The Labute approximate surface area is 112 Å². The second-order valence-corrected chi connectivity index (χ2v) is 6.00. The number of nitrogens with zero attached hydrogens (tertiary/aromatic N) is 1. The third-order valence-electron chi connectivity index (χ3n) is 2.37. The summed E-state index contributed by atoms with van der Waals surface area (Å²) < 4.78 is 0. The van der Waals surface area contributed by atoms with E-state index in [0.717, 1.165) is 17.0 Å². The van der Waals surface area contributed by atoms with E-state index in [2.05, 4.69) is 15.3 Å². The molecule has 0 saturated heterocycles. The number of aryl methyl sites for hydroxylation is 1. The van der Waals surface area contributed by atoms with Crippen LogP contribution in [0.4, 0.5) is 5.13 Å². The highest BCUT2D eigenvalue weighted by Gasteiger charge is 2.15. The Morgan fingerprint density at radius 3 is 2.72 bits per heavy atom. The van der Waals surface area contributed by atoms with Crippen molar-refractivity contribution in [2.75, 3.05) is 5.32 Å². The highest BCUT2D eigenvalue weighted by atomic mass is 32.1. The Morgan fingerprint density at radius 2 is 2.22 bits per heavy atom. The van der Waals surface area contributed by atoms with E-state index in [9.17, 15) is 9.59 Å². The first kappa shape index (κ1) is 13.0. The van der Waals surface area contributed by atoms with Crippen LogP contribution in [0.1, 0.15) is 40.8 Å². The average molecular weight is 283 g/mol. The maximum absolute atomic E-state index is 11.9. The lowest BCUT2D eigenvalue weighted by molar-refractivity contribution is 0.103. The van der Waals surface area contributed by atoms with E-state index in [1.807, 2.05) is 19.2 Å². The summed E-state index contributed by atoms with van der Waals surface area (Å²) in [5.74, 6) is 0.0393. The Balaban J connectivity index is 2.16. The van der Waals surface area contributed by atoms with Gasteiger partial charge < -0.3 is 4.98 Å². The van der Waals surface area contributed by atoms with Crippen molar-refractivity contribution in [2.24, 2.45) is 0 Å². The number of carbonyl (C=O) groups is 1. The molecule has 7 heteroatoms. The smallest absolute Gasteiger partial charge is 0.305 e. The molecule has 0 spiro atoms. The number of nitrogens with one attached hydrogen (secondary N) is 2. The molecule has 1 amide bonds. The highest BCUT2D eigenvalue weighted by molar-refractivity contribution is 7.14. The second-order valence-electron chi connectivity index (χ2n) is 4.15. The average Bonchev–Trinajstić information content (AvgIpc) is 2.85. The maximum Gasteiger partial charge on any atom is 0.305 e. The molecule has 0 bridgehead atoms. The van der Waals surface area contributed by atoms with Gasteiger partial charge in [0.1, 0.15) is 4.88 Å². The molecule has 0 radical (unpaired) electrons. The van der Waals surface area contributed by atoms with Gasteiger partial charge in [-0.2, -0.15) is 0 Å². The summed E-state index contributed by atoms with van der Waals surface area (Å²) in [6.07, 6.45) is 0. The number of hydrogen-bond donors (Lipinski definition) is 2. The Kier molecular flexibility index (Phi) is 3.63. The molecule has 0 atom stereocenters. The van der Waals surface area contributed by atoms with E-state index in [-0.39, 0.29) is 10.8 Å². The molecular weight excluding hydrogens is 270 g/mol. The Morgan fingerprint density at radius 1 is 1.50 bits per heavy atom. The summed E-state index contributed by atoms with van der Waals surface area (Å²) in [5, 5.41) is 5.19. The SMILES string of the molecule is Cc1[nH]c(=O)sc1C(=O)Nc1nc(C(C)C)cs1. The number of rotatable bonds is 3. The van der Waals surface area contributed by atoms with Gasteiger partial charge in [-0.1, -0.05) is 25.2 Å². The van der Waals surface area contributed by atoms with Crippen molar-refractivity contribution < 1.29 is 4.79 Å². The number of hydrogen-bond acceptors (Lipinski definition) is 5. The number of aromatic nitrogens is 2. The fourth-order valence-electron chi connectivity index (χ4n) is 1.38. The summed E-state index contributed by atoms with van der Waals surface area (Å²) in [5.41, 5.74) is 1.54. The fraction of sp³-hybridized carbons (Fsp3) is 0.364. The van der Waals surface area contributed by atoms with Gasteiger partial charge in [-0.3, -0.25) is 14.9 Å². The molecule has 0 aliphatic carbocycles. The summed E-state index contributed by atoms with van der Waals surface area (Å²) in [6.45, 7) is 5.79. The normalized spacial score (nSPS) is 10.9. The largest absolute Gasteiger partial charge is 0.316 e. The molecule has 2 heterocycles. The quantitative estimate of drug-likeness (QED) is 0.909. The first-order valence-electron chi connectivity index (χ1n) is 5.44. The van der Waals surface area contributed by atoms with Crippen molar-refractivity contribution in [3.05, 3.63) is 31.3 Å². The molecule has 2 aromatic rings. The Hall–Kier alpha value is -1.47. The minimum Gasteiger partial charge on any atom is -0.316 e. The molecule has 96 valence electrons. The van der Waals surface area contributed by atoms with Crippen LogP contribution in [0.5, 0.6) is 0 Å². The zero-order chi connectivity index (χ0) is 13.3. The molecule has 2 aromatic heterocycles. The number of thiazole rings is 2. The lowest BCUT2D eigenvalue weighted by Gasteiger charge is -2.00. The first-order valence-corrected chi connectivity index (χ1v) is 7.13. The van der Waals surface area contributed by atoms with Crippen molar-refractivity contribution in [1.82, 2.24) is 9.97 Å². The van der Waals surface area contributed by atoms with Crippen LogP contribution in [0, 0.1) is 6.92 Å². The van der Waals surface area contributed by atoms with Gasteiger partial charge in [0.2, 0.25) is 0 Å². The monoisotopic (exact) mass is 283 g/mol. The van der Waals surface area contributed by atoms with Gasteiger partial charge in [0.25, 0.3) is 5.91 Å². The molecule has 0 aromatic carbocycles. The zero-order valence-electron chi connectivity index (χ0n) is 10.2. The standard InChI is InChI=1S/C11H13N3O2S2/c1-5(2)7-4-17-10(13-7)14-9(15)8-6(3)12-11(16)18-8/h4-5H,1-3H3,(H,12,16)(H,13,14,15). The van der Waals surface area contributed by atoms with Gasteiger partial charge in [0.05, 0.1) is 5.69 Å². The summed E-state index contributed by atoms with van der Waals surface area (Å²) >= 11 is 2.30. The summed E-state index contributed by atoms with van der Waals surface area (Å²) in [6, 6.07) is 0. The van der Waals surface area contributed by atoms with Gasteiger partial charge in [-0.05, 0) is 12.8 Å². The molecule has 0 unspecified atom stereocenters. The van der Waals surface area contributed by atoms with Crippen molar-refractivity contribution >= 4 is 33.7 Å². The van der Waals surface area contributed by atoms with Crippen molar-refractivity contribution in [3.8, 4) is 0 Å². The second kappa shape index (κ2) is 5.03. The molecule has 0 aliphatic rings. The summed E-state index contributed by atoms with van der Waals surface area (Å²) in [7, 11) is 0. The molecule has 5 nitrogen and oxygen atoms in total. The van der Waals surface area contributed by atoms with Gasteiger partial charge in [-0.25, -0.2) is 4.98 Å². The van der Waals surface area contributed by atoms with E-state index in [1.54, 1.807) is 6.92 Å². The van der Waals surface area contributed by atoms with Crippen LogP contribution < -0.4 is 10.2 Å². The van der Waals surface area contributed by atoms with Crippen molar-refractivity contribution in [3.63, 3.8) is 0 Å². The van der Waals surface area contributed by atoms with E-state index in [4.69, 9.17) is 0 Å². The minimum atomic E-state index is -0.291. The zero-order valence-corrected chi connectivity index (χ0v) is 11.9. The molecule has 2 N–H and O–H groups in total. The number of aromatic amines is 1. The molecular formula is C11H13N3O2S2. The molecule has 18 heavy (non-hydrogen) atoms. The Bertz CT molecular complexity index is 624. The van der Waals surface area contributed by atoms with Crippen LogP contribution in [0.15, 0.2) is 10.2 Å². The predicted octanol–water partition coefficient (Wildman–Crippen LogP) is 2.58. The van der Waals surface area contributed by atoms with Gasteiger partial charge in [0, 0.05) is 11.1 Å². The van der Waals surface area contributed by atoms with E-state index < -0.39 is 0 Å². The molecule has 0 fully saturated rings. The lowest BCUT2D eigenvalue weighted by Crippen LogP contribution is -2.11. The summed E-state index contributed by atoms with van der Waals surface area (Å²) in [4.78, 5) is 30.1. The molecule has 0 aliphatic heterocycles. The predicted molar refractivity (Wildman–Crippen MR) is 73.8 cm³/mol. The van der Waals surface area contributed by atoms with Crippen LogP contribution in [0.25, 0.3) is 0 Å². The van der Waals surface area contributed by atoms with Crippen LogP contribution in [-0.2, 0) is 0 Å². The first-order chi connectivity index (χ1) is 8.47. The third kappa shape index (κ3) is 2.68. The van der Waals surface area contributed by atoms with Crippen LogP contribution in [-0.4, -0.2) is 15.9 Å². The minimum absolute atomic E-state index is 0.223. The maximum atomic E-state index is 11.9. The number of anilines is 1. The van der Waals surface area contributed by atoms with Crippen LogP contribution in [0.2, 0.25) is 0 Å². The molecule has 0 saturated carbocycles. The number of amides is 1. The van der Waals surface area contributed by atoms with Gasteiger partial charge >= 0.3 is 4.87 Å². The van der Waals surface area contributed by atoms with Gasteiger partial charge in [-0.15, -0.1) is 11.3 Å². The third-order valence-corrected chi connectivity index (χ3v) is 4.12. The van der Waals surface area contributed by atoms with E-state index in [0.29, 0.717) is 21.6 Å². The topological polar surface area (TPSA) is 74.8 Å². The van der Waals surface area contributed by atoms with Crippen molar-refractivity contribution in [1.29, 1.82) is 0 Å². The van der Waals surface area contributed by atoms with E-state index >= 15 is 0 Å². The van der Waals surface area contributed by atoms with E-state index in [1.165, 1.54) is 11.3 Å². The van der Waals surface area contributed by atoms with Crippen LogP contribution in [0.3, 0.4) is 0 Å². The fourth-order valence-corrected chi connectivity index (χ4v) is 2.99. The highest BCUT2D eigenvalue weighted by Crippen LogP contribution is 2.22. The van der Waals surface area contributed by atoms with Gasteiger partial charge in [0.15, 0.2) is 5.13 Å². The molecule has 2 rings (SSSR count). The number of carbonyl (C=O) groups excluding carboxylic acids is 1. The lowest BCUT2D eigenvalue weighted by atomic mass is 10.2.